The Bertz CT molecular complexity index is 1790. The molecule has 6 nitrogen and oxygen atoms in total. The van der Waals surface area contributed by atoms with E-state index in [9.17, 15) is 9.59 Å². The molecule has 1 saturated heterocycles. The molecule has 0 saturated carbocycles. The number of unbranched alkanes of at least 4 members (excludes halogenated alkanes) is 2. The van der Waals surface area contributed by atoms with E-state index in [0.717, 1.165) is 89.1 Å². The number of fused-ring (bicyclic) bond motifs is 4. The molecule has 2 heterocycles. The topological polar surface area (TPSA) is 68.2 Å². The zero-order valence-corrected chi connectivity index (χ0v) is 25.5. The molecular weight excluding hydrogens is 560 g/mol. The van der Waals surface area contributed by atoms with Crippen LogP contribution in [0.3, 0.4) is 0 Å². The molecule has 3 aliphatic rings. The van der Waals surface area contributed by atoms with Crippen LogP contribution >= 0.6 is 0 Å². The second-order valence-electron chi connectivity index (χ2n) is 11.9. The van der Waals surface area contributed by atoms with E-state index >= 15 is 0 Å². The second-order valence-corrected chi connectivity index (χ2v) is 11.9. The van der Waals surface area contributed by atoms with Crippen molar-refractivity contribution < 1.29 is 19.1 Å². The van der Waals surface area contributed by atoms with Crippen LogP contribution in [0.5, 0.6) is 11.5 Å². The van der Waals surface area contributed by atoms with Crippen molar-refractivity contribution in [3.8, 4) is 11.5 Å². The minimum atomic E-state index is 0.0694. The van der Waals surface area contributed by atoms with Crippen LogP contribution in [0, 0.1) is 6.92 Å². The Balaban J connectivity index is 0.932. The smallest absolute Gasteiger partial charge is 0.256 e. The Morgan fingerprint density at radius 1 is 0.800 bits per heavy atom. The van der Waals surface area contributed by atoms with Crippen LogP contribution in [0.25, 0.3) is 11.6 Å². The molecule has 45 heavy (non-hydrogen) atoms. The van der Waals surface area contributed by atoms with Crippen LogP contribution in [0.15, 0.2) is 89.9 Å². The summed E-state index contributed by atoms with van der Waals surface area (Å²) in [6, 6.07) is 27.7. The first-order valence-corrected chi connectivity index (χ1v) is 15.9. The molecule has 1 atom stereocenters. The van der Waals surface area contributed by atoms with Gasteiger partial charge in [-0.05, 0) is 91.1 Å². The first kappa shape index (κ1) is 28.8. The number of carbonyl (C=O) groups excluding carboxylic acids is 2. The number of benzene rings is 4. The first-order chi connectivity index (χ1) is 22.1. The normalized spacial score (nSPS) is 16.4. The highest BCUT2D eigenvalue weighted by Crippen LogP contribution is 2.37. The molecule has 7 rings (SSSR count). The van der Waals surface area contributed by atoms with E-state index in [2.05, 4.69) is 23.2 Å². The van der Waals surface area contributed by atoms with Gasteiger partial charge in [0, 0.05) is 30.0 Å². The van der Waals surface area contributed by atoms with Gasteiger partial charge in [0.2, 0.25) is 0 Å². The second kappa shape index (κ2) is 12.6. The number of hydrogen-bond donors (Lipinski definition) is 0. The van der Waals surface area contributed by atoms with E-state index < -0.39 is 0 Å². The fourth-order valence-electron chi connectivity index (χ4n) is 6.52. The van der Waals surface area contributed by atoms with E-state index in [4.69, 9.17) is 9.47 Å². The zero-order valence-electron chi connectivity index (χ0n) is 25.5. The molecule has 0 unspecified atom stereocenters. The molecule has 2 aliphatic heterocycles. The molecule has 1 amide bonds. The van der Waals surface area contributed by atoms with Crippen molar-refractivity contribution in [2.75, 3.05) is 19.8 Å². The molecule has 1 aliphatic carbocycles. The van der Waals surface area contributed by atoms with Gasteiger partial charge in [0.05, 0.1) is 30.5 Å². The van der Waals surface area contributed by atoms with Crippen LogP contribution in [0.1, 0.15) is 80.6 Å². The van der Waals surface area contributed by atoms with Crippen molar-refractivity contribution in [1.82, 2.24) is 4.90 Å². The van der Waals surface area contributed by atoms with Crippen LogP contribution in [0.4, 0.5) is 5.69 Å². The maximum Gasteiger partial charge on any atom is 0.256 e. The van der Waals surface area contributed by atoms with Gasteiger partial charge in [-0.25, -0.2) is 0 Å². The number of rotatable bonds is 9. The zero-order chi connectivity index (χ0) is 30.8. The van der Waals surface area contributed by atoms with Gasteiger partial charge < -0.3 is 14.4 Å². The van der Waals surface area contributed by atoms with Gasteiger partial charge in [-0.1, -0.05) is 60.7 Å². The van der Waals surface area contributed by atoms with Gasteiger partial charge in [-0.15, -0.1) is 0 Å². The lowest BCUT2D eigenvalue weighted by Gasteiger charge is -2.21. The Labute approximate surface area is 264 Å². The third-order valence-corrected chi connectivity index (χ3v) is 8.88. The summed E-state index contributed by atoms with van der Waals surface area (Å²) in [5.41, 5.74) is 7.78. The van der Waals surface area contributed by atoms with Crippen molar-refractivity contribution in [3.63, 3.8) is 0 Å². The first-order valence-electron chi connectivity index (χ1n) is 15.9. The molecule has 0 radical (unpaired) electrons. The summed E-state index contributed by atoms with van der Waals surface area (Å²) in [7, 11) is 0. The predicted octanol–water partition coefficient (Wildman–Crippen LogP) is 8.08. The standard InChI is InChI=1S/C39H36N2O4/c1-26-21-35-36(40-25-28-12-10-18-41(28)39(35)43)24-37(26)45-20-8-2-7-19-44-29-13-9-11-27(22-29)23-34-30-14-3-5-16-32(30)38(42)33-17-6-4-15-31(33)34/h3-6,9,11,13-17,21-25,28H,2,7-8,10,12,18-20H2,1H3/t28-/m0/s1. The third-order valence-electron chi connectivity index (χ3n) is 8.88. The van der Waals surface area contributed by atoms with E-state index in [0.29, 0.717) is 24.5 Å². The minimum Gasteiger partial charge on any atom is -0.494 e. The lowest BCUT2D eigenvalue weighted by Crippen LogP contribution is -2.35. The number of ether oxygens (including phenoxy) is 2. The van der Waals surface area contributed by atoms with E-state index in [1.165, 1.54) is 0 Å². The lowest BCUT2D eigenvalue weighted by atomic mass is 9.81. The Hall–Kier alpha value is -4.97. The maximum atomic E-state index is 13.1. The van der Waals surface area contributed by atoms with Crippen LogP contribution in [-0.4, -0.2) is 48.6 Å². The largest absolute Gasteiger partial charge is 0.494 e. The van der Waals surface area contributed by atoms with Gasteiger partial charge in [0.25, 0.3) is 5.91 Å². The fraction of sp³-hybridized carbons (Fsp3) is 0.256. The number of aryl methyl sites for hydroxylation is 1. The number of nitrogens with zero attached hydrogens (tertiary/aromatic N) is 2. The molecule has 6 heteroatoms. The molecule has 0 N–H and O–H groups in total. The molecule has 4 aromatic rings. The van der Waals surface area contributed by atoms with E-state index in [1.54, 1.807) is 0 Å². The summed E-state index contributed by atoms with van der Waals surface area (Å²) in [5, 5.41) is 0. The summed E-state index contributed by atoms with van der Waals surface area (Å²) in [6.07, 6.45) is 8.86. The average Bonchev–Trinajstić information content (AvgIpc) is 3.50. The van der Waals surface area contributed by atoms with E-state index in [-0.39, 0.29) is 17.7 Å². The van der Waals surface area contributed by atoms with Gasteiger partial charge in [-0.2, -0.15) is 0 Å². The minimum absolute atomic E-state index is 0.0694. The molecule has 4 aromatic carbocycles. The Morgan fingerprint density at radius 3 is 2.27 bits per heavy atom. The molecule has 226 valence electrons. The SMILES string of the molecule is Cc1cc2c(cc1OCCCCCOc1cccc(C=C3c4ccccc4C(=O)c4ccccc43)c1)N=C[C@@H]1CCCN1C2=O. The number of carbonyl (C=O) groups is 2. The molecule has 0 bridgehead atoms. The van der Waals surface area contributed by atoms with Gasteiger partial charge in [0.1, 0.15) is 11.5 Å². The quantitative estimate of drug-likeness (QED) is 0.161. The van der Waals surface area contributed by atoms with Crippen molar-refractivity contribution in [2.45, 2.75) is 45.1 Å². The van der Waals surface area contributed by atoms with Crippen molar-refractivity contribution in [3.05, 3.63) is 124 Å². The monoisotopic (exact) mass is 596 g/mol. The van der Waals surface area contributed by atoms with Gasteiger partial charge >= 0.3 is 0 Å². The van der Waals surface area contributed by atoms with Crippen molar-refractivity contribution >= 4 is 35.2 Å². The summed E-state index contributed by atoms with van der Waals surface area (Å²) < 4.78 is 12.2. The fourth-order valence-corrected chi connectivity index (χ4v) is 6.52. The Morgan fingerprint density at radius 2 is 1.51 bits per heavy atom. The van der Waals surface area contributed by atoms with Crippen LogP contribution in [-0.2, 0) is 0 Å². The highest BCUT2D eigenvalue weighted by Gasteiger charge is 2.32. The van der Waals surface area contributed by atoms with Crippen LogP contribution < -0.4 is 9.47 Å². The Kier molecular flexibility index (Phi) is 8.04. The lowest BCUT2D eigenvalue weighted by molar-refractivity contribution is 0.0774. The summed E-state index contributed by atoms with van der Waals surface area (Å²) in [5.74, 6) is 1.75. The predicted molar refractivity (Wildman–Crippen MR) is 178 cm³/mol. The maximum absolute atomic E-state index is 13.1. The molecule has 0 spiro atoms. The third kappa shape index (κ3) is 5.80. The average molecular weight is 597 g/mol. The number of hydrogen-bond acceptors (Lipinski definition) is 5. The molecular formula is C39H36N2O4. The summed E-state index contributed by atoms with van der Waals surface area (Å²) in [6.45, 7) is 4.00. The summed E-state index contributed by atoms with van der Waals surface area (Å²) in [4.78, 5) is 32.7. The summed E-state index contributed by atoms with van der Waals surface area (Å²) >= 11 is 0. The highest BCUT2D eigenvalue weighted by molar-refractivity contribution is 6.20. The van der Waals surface area contributed by atoms with E-state index in [1.807, 2.05) is 90.8 Å². The van der Waals surface area contributed by atoms with Gasteiger partial charge in [-0.3, -0.25) is 14.6 Å². The van der Waals surface area contributed by atoms with Crippen molar-refractivity contribution in [2.24, 2.45) is 4.99 Å². The number of ketones is 1. The highest BCUT2D eigenvalue weighted by atomic mass is 16.5. The van der Waals surface area contributed by atoms with Crippen molar-refractivity contribution in [1.29, 1.82) is 0 Å². The molecule has 0 aromatic heterocycles. The van der Waals surface area contributed by atoms with Gasteiger partial charge in [0.15, 0.2) is 5.78 Å². The van der Waals surface area contributed by atoms with Crippen LogP contribution in [0.2, 0.25) is 0 Å². The number of amides is 1. The number of aliphatic imine (C=N–C) groups is 1. The molecule has 1 fully saturated rings.